The normalized spacial score (nSPS) is 13.7. The van der Waals surface area contributed by atoms with Crippen LogP contribution in [0.15, 0.2) is 47.4 Å². The SMILES string of the molecule is CNC(=O)c1ccc(CN(C)S(=O)(=O)c2ccc3c(c2)CCC3)cc1. The number of hydrogen-bond acceptors (Lipinski definition) is 3. The zero-order chi connectivity index (χ0) is 18.0. The molecule has 25 heavy (non-hydrogen) atoms. The molecule has 0 heterocycles. The molecule has 0 fully saturated rings. The third-order valence-electron chi connectivity index (χ3n) is 4.63. The third-order valence-corrected chi connectivity index (χ3v) is 6.43. The van der Waals surface area contributed by atoms with E-state index in [-0.39, 0.29) is 12.5 Å². The van der Waals surface area contributed by atoms with Gasteiger partial charge in [0.2, 0.25) is 10.0 Å². The maximum atomic E-state index is 12.8. The van der Waals surface area contributed by atoms with Crippen molar-refractivity contribution < 1.29 is 13.2 Å². The predicted octanol–water partition coefficient (Wildman–Crippen LogP) is 2.36. The number of amides is 1. The first-order chi connectivity index (χ1) is 11.9. The van der Waals surface area contributed by atoms with E-state index < -0.39 is 10.0 Å². The lowest BCUT2D eigenvalue weighted by atomic mass is 10.1. The summed E-state index contributed by atoms with van der Waals surface area (Å²) in [6.45, 7) is 0.257. The first-order valence-corrected chi connectivity index (χ1v) is 9.75. The number of sulfonamides is 1. The fourth-order valence-corrected chi connectivity index (χ4v) is 4.35. The first kappa shape index (κ1) is 17.6. The molecule has 0 unspecified atom stereocenters. The lowest BCUT2D eigenvalue weighted by Gasteiger charge is -2.18. The minimum absolute atomic E-state index is 0.161. The minimum Gasteiger partial charge on any atom is -0.355 e. The van der Waals surface area contributed by atoms with Crippen LogP contribution in [0.2, 0.25) is 0 Å². The topological polar surface area (TPSA) is 66.5 Å². The van der Waals surface area contributed by atoms with Crippen LogP contribution in [-0.4, -0.2) is 32.7 Å². The molecular weight excluding hydrogens is 336 g/mol. The largest absolute Gasteiger partial charge is 0.355 e. The Labute approximate surface area is 148 Å². The number of nitrogens with zero attached hydrogens (tertiary/aromatic N) is 1. The van der Waals surface area contributed by atoms with Gasteiger partial charge in [-0.05, 0) is 60.2 Å². The van der Waals surface area contributed by atoms with E-state index in [0.717, 1.165) is 30.4 Å². The van der Waals surface area contributed by atoms with Crippen molar-refractivity contribution in [1.29, 1.82) is 0 Å². The summed E-state index contributed by atoms with van der Waals surface area (Å²) in [5.74, 6) is -0.161. The smallest absolute Gasteiger partial charge is 0.251 e. The summed E-state index contributed by atoms with van der Waals surface area (Å²) in [6.07, 6.45) is 3.07. The molecule has 1 aliphatic rings. The van der Waals surface area contributed by atoms with Gasteiger partial charge < -0.3 is 5.32 Å². The number of rotatable bonds is 5. The molecule has 0 saturated carbocycles. The van der Waals surface area contributed by atoms with E-state index in [1.807, 2.05) is 12.1 Å². The molecule has 6 heteroatoms. The number of carbonyl (C=O) groups is 1. The van der Waals surface area contributed by atoms with Gasteiger partial charge in [0.15, 0.2) is 0 Å². The Kier molecular flexibility index (Phi) is 4.92. The standard InChI is InChI=1S/C19H22N2O3S/c1-20-19(22)16-8-6-14(7-9-16)13-21(2)25(23,24)18-11-10-15-4-3-5-17(15)12-18/h6-12H,3-5,13H2,1-2H3,(H,20,22). The molecule has 0 aromatic heterocycles. The minimum atomic E-state index is -3.54. The molecule has 2 aromatic rings. The molecule has 5 nitrogen and oxygen atoms in total. The molecule has 1 N–H and O–H groups in total. The molecule has 1 amide bonds. The van der Waals surface area contributed by atoms with E-state index in [2.05, 4.69) is 5.32 Å². The Morgan fingerprint density at radius 3 is 2.44 bits per heavy atom. The summed E-state index contributed by atoms with van der Waals surface area (Å²) in [5, 5.41) is 2.56. The van der Waals surface area contributed by atoms with Gasteiger partial charge >= 0.3 is 0 Å². The molecule has 0 spiro atoms. The molecule has 0 atom stereocenters. The van der Waals surface area contributed by atoms with Crippen molar-refractivity contribution in [2.75, 3.05) is 14.1 Å². The van der Waals surface area contributed by atoms with Crippen LogP contribution in [0.25, 0.3) is 0 Å². The summed E-state index contributed by atoms with van der Waals surface area (Å²) >= 11 is 0. The van der Waals surface area contributed by atoms with Crippen molar-refractivity contribution in [2.45, 2.75) is 30.7 Å². The molecular formula is C19H22N2O3S. The summed E-state index contributed by atoms with van der Waals surface area (Å²) in [6, 6.07) is 12.4. The van der Waals surface area contributed by atoms with E-state index in [0.29, 0.717) is 10.5 Å². The van der Waals surface area contributed by atoms with Crippen LogP contribution in [0.1, 0.15) is 33.5 Å². The highest BCUT2D eigenvalue weighted by atomic mass is 32.2. The van der Waals surface area contributed by atoms with Crippen molar-refractivity contribution in [3.63, 3.8) is 0 Å². The van der Waals surface area contributed by atoms with E-state index in [1.165, 1.54) is 9.87 Å². The molecule has 0 saturated heterocycles. The van der Waals surface area contributed by atoms with Gasteiger partial charge in [-0.1, -0.05) is 18.2 Å². The Balaban J connectivity index is 1.77. The Hall–Kier alpha value is -2.18. The van der Waals surface area contributed by atoms with Gasteiger partial charge in [0.05, 0.1) is 4.90 Å². The zero-order valence-corrected chi connectivity index (χ0v) is 15.3. The summed E-state index contributed by atoms with van der Waals surface area (Å²) in [5.41, 5.74) is 3.78. The van der Waals surface area contributed by atoms with Gasteiger partial charge in [-0.3, -0.25) is 4.79 Å². The number of nitrogens with one attached hydrogen (secondary N) is 1. The lowest BCUT2D eigenvalue weighted by Crippen LogP contribution is -2.26. The number of hydrogen-bond donors (Lipinski definition) is 1. The molecule has 2 aromatic carbocycles. The maximum Gasteiger partial charge on any atom is 0.251 e. The second-order valence-electron chi connectivity index (χ2n) is 6.32. The van der Waals surface area contributed by atoms with Crippen molar-refractivity contribution in [3.05, 3.63) is 64.7 Å². The predicted molar refractivity (Wildman–Crippen MR) is 97.0 cm³/mol. The fraction of sp³-hybridized carbons (Fsp3) is 0.316. The average molecular weight is 358 g/mol. The van der Waals surface area contributed by atoms with Crippen molar-refractivity contribution in [2.24, 2.45) is 0 Å². The van der Waals surface area contributed by atoms with E-state index in [9.17, 15) is 13.2 Å². The summed E-state index contributed by atoms with van der Waals surface area (Å²) < 4.78 is 27.0. The Morgan fingerprint density at radius 1 is 1.08 bits per heavy atom. The monoisotopic (exact) mass is 358 g/mol. The summed E-state index contributed by atoms with van der Waals surface area (Å²) in [7, 11) is -0.381. The number of aryl methyl sites for hydroxylation is 2. The number of carbonyl (C=O) groups excluding carboxylic acids is 1. The van der Waals surface area contributed by atoms with Gasteiger partial charge in [0.25, 0.3) is 5.91 Å². The first-order valence-electron chi connectivity index (χ1n) is 8.31. The second kappa shape index (κ2) is 6.98. The van der Waals surface area contributed by atoms with Crippen molar-refractivity contribution >= 4 is 15.9 Å². The lowest BCUT2D eigenvalue weighted by molar-refractivity contribution is 0.0963. The molecule has 3 rings (SSSR count). The van der Waals surface area contributed by atoms with E-state index in [1.54, 1.807) is 44.4 Å². The van der Waals surface area contributed by atoms with Crippen LogP contribution in [0.5, 0.6) is 0 Å². The van der Waals surface area contributed by atoms with Crippen molar-refractivity contribution in [3.8, 4) is 0 Å². The van der Waals surface area contributed by atoms with Crippen LogP contribution in [0.4, 0.5) is 0 Å². The quantitative estimate of drug-likeness (QED) is 0.892. The molecule has 0 radical (unpaired) electrons. The average Bonchev–Trinajstić information content (AvgIpc) is 3.09. The highest BCUT2D eigenvalue weighted by Gasteiger charge is 2.23. The molecule has 0 aliphatic heterocycles. The van der Waals surface area contributed by atoms with Gasteiger partial charge in [0, 0.05) is 26.2 Å². The third kappa shape index (κ3) is 3.60. The molecule has 1 aliphatic carbocycles. The fourth-order valence-electron chi connectivity index (χ4n) is 3.14. The Bertz CT molecular complexity index is 889. The number of fused-ring (bicyclic) bond motifs is 1. The van der Waals surface area contributed by atoms with Gasteiger partial charge in [0.1, 0.15) is 0 Å². The number of benzene rings is 2. The van der Waals surface area contributed by atoms with Crippen LogP contribution < -0.4 is 5.32 Å². The van der Waals surface area contributed by atoms with Crippen LogP contribution >= 0.6 is 0 Å². The molecule has 0 bridgehead atoms. The van der Waals surface area contributed by atoms with Crippen molar-refractivity contribution in [1.82, 2.24) is 9.62 Å². The second-order valence-corrected chi connectivity index (χ2v) is 8.37. The van der Waals surface area contributed by atoms with Gasteiger partial charge in [-0.15, -0.1) is 0 Å². The van der Waals surface area contributed by atoms with Crippen LogP contribution in [0.3, 0.4) is 0 Å². The van der Waals surface area contributed by atoms with Crippen LogP contribution in [0, 0.1) is 0 Å². The highest BCUT2D eigenvalue weighted by Crippen LogP contribution is 2.26. The van der Waals surface area contributed by atoms with E-state index in [4.69, 9.17) is 0 Å². The maximum absolute atomic E-state index is 12.8. The highest BCUT2D eigenvalue weighted by molar-refractivity contribution is 7.89. The van der Waals surface area contributed by atoms with Gasteiger partial charge in [-0.2, -0.15) is 4.31 Å². The van der Waals surface area contributed by atoms with E-state index >= 15 is 0 Å². The van der Waals surface area contributed by atoms with Crippen LogP contribution in [-0.2, 0) is 29.4 Å². The Morgan fingerprint density at radius 2 is 1.76 bits per heavy atom. The summed E-state index contributed by atoms with van der Waals surface area (Å²) in [4.78, 5) is 11.9. The van der Waals surface area contributed by atoms with Gasteiger partial charge in [-0.25, -0.2) is 8.42 Å². The molecule has 132 valence electrons. The zero-order valence-electron chi connectivity index (χ0n) is 14.5.